The number of hydrogen-bond donors (Lipinski definition) is 3. The van der Waals surface area contributed by atoms with Gasteiger partial charge in [-0.3, -0.25) is 4.72 Å². The van der Waals surface area contributed by atoms with Gasteiger partial charge in [-0.2, -0.15) is 8.42 Å². The van der Waals surface area contributed by atoms with E-state index in [2.05, 4.69) is 9.97 Å². The first kappa shape index (κ1) is 14.6. The number of benzene rings is 1. The number of aryl methyl sites for hydroxylation is 1. The fraction of sp³-hybridized carbons (Fsp3) is 0.182. The van der Waals surface area contributed by atoms with E-state index in [0.29, 0.717) is 12.2 Å². The molecule has 2 aromatic rings. The van der Waals surface area contributed by atoms with Crippen molar-refractivity contribution in [2.24, 2.45) is 0 Å². The van der Waals surface area contributed by atoms with Crippen LogP contribution in [0.1, 0.15) is 12.7 Å². The van der Waals surface area contributed by atoms with Crippen LogP contribution in [-0.4, -0.2) is 23.5 Å². The number of aromatic nitrogens is 2. The summed E-state index contributed by atoms with van der Waals surface area (Å²) in [7, 11) is -4.01. The first-order valence-corrected chi connectivity index (χ1v) is 7.44. The Balaban J connectivity index is 2.38. The van der Waals surface area contributed by atoms with Crippen LogP contribution in [0.5, 0.6) is 5.75 Å². The number of phenolic OH excluding ortho intramolecular Hbond substituents is 1. The van der Waals surface area contributed by atoms with E-state index in [-0.39, 0.29) is 15.7 Å². The molecule has 0 saturated carbocycles. The number of aromatic amines is 1. The van der Waals surface area contributed by atoms with Crippen molar-refractivity contribution in [3.63, 3.8) is 0 Å². The number of nitrogens with one attached hydrogen (secondary N) is 2. The zero-order valence-electron chi connectivity index (χ0n) is 10.3. The molecule has 0 amide bonds. The average molecular weight is 320 g/mol. The summed E-state index contributed by atoms with van der Waals surface area (Å²) in [6.07, 6.45) is 1.67. The number of anilines is 1. The Bertz CT molecular complexity index is 745. The molecule has 0 unspecified atom stereocenters. The van der Waals surface area contributed by atoms with E-state index in [0.717, 1.165) is 18.3 Å². The van der Waals surface area contributed by atoms with Gasteiger partial charge in [-0.25, -0.2) is 9.37 Å². The predicted molar refractivity (Wildman–Crippen MR) is 71.8 cm³/mol. The van der Waals surface area contributed by atoms with Crippen LogP contribution in [0.3, 0.4) is 0 Å². The van der Waals surface area contributed by atoms with Crippen LogP contribution in [0.4, 0.5) is 10.1 Å². The van der Waals surface area contributed by atoms with Crippen molar-refractivity contribution in [1.82, 2.24) is 9.97 Å². The second-order valence-corrected chi connectivity index (χ2v) is 5.99. The van der Waals surface area contributed by atoms with Gasteiger partial charge in [0.1, 0.15) is 11.6 Å². The van der Waals surface area contributed by atoms with Crippen LogP contribution in [-0.2, 0) is 16.4 Å². The molecule has 1 heterocycles. The molecule has 2 rings (SSSR count). The van der Waals surface area contributed by atoms with Crippen molar-refractivity contribution in [1.29, 1.82) is 0 Å². The Hall–Kier alpha value is -1.80. The highest BCUT2D eigenvalue weighted by Crippen LogP contribution is 2.33. The SMILES string of the molecule is CCc1ncc(S(=O)(=O)Nc2cc(F)cc(Cl)c2O)[nH]1. The van der Waals surface area contributed by atoms with Gasteiger partial charge in [0, 0.05) is 12.5 Å². The highest BCUT2D eigenvalue weighted by Gasteiger charge is 2.20. The number of hydrogen-bond acceptors (Lipinski definition) is 4. The minimum Gasteiger partial charge on any atom is -0.504 e. The molecule has 0 saturated heterocycles. The summed E-state index contributed by atoms with van der Waals surface area (Å²) in [5.41, 5.74) is -0.345. The van der Waals surface area contributed by atoms with Crippen molar-refractivity contribution in [3.8, 4) is 5.75 Å². The van der Waals surface area contributed by atoms with E-state index in [4.69, 9.17) is 11.6 Å². The average Bonchev–Trinajstić information content (AvgIpc) is 2.84. The van der Waals surface area contributed by atoms with Gasteiger partial charge < -0.3 is 10.1 Å². The van der Waals surface area contributed by atoms with E-state index in [1.54, 1.807) is 6.92 Å². The van der Waals surface area contributed by atoms with Gasteiger partial charge in [-0.15, -0.1) is 0 Å². The Labute approximate surface area is 119 Å². The topological polar surface area (TPSA) is 95.1 Å². The van der Waals surface area contributed by atoms with Gasteiger partial charge in [0.15, 0.2) is 10.8 Å². The number of phenols is 1. The molecule has 9 heteroatoms. The van der Waals surface area contributed by atoms with E-state index < -0.39 is 21.6 Å². The van der Waals surface area contributed by atoms with Crippen molar-refractivity contribution in [3.05, 3.63) is 35.0 Å². The third-order valence-electron chi connectivity index (χ3n) is 2.50. The smallest absolute Gasteiger partial charge is 0.279 e. The molecule has 1 aromatic carbocycles. The van der Waals surface area contributed by atoms with Crippen LogP contribution in [0.2, 0.25) is 5.02 Å². The van der Waals surface area contributed by atoms with Crippen molar-refractivity contribution >= 4 is 27.3 Å². The third kappa shape index (κ3) is 2.86. The summed E-state index contributed by atoms with van der Waals surface area (Å²) in [5.74, 6) is -0.830. The first-order chi connectivity index (χ1) is 9.33. The minimum atomic E-state index is -4.01. The minimum absolute atomic E-state index is 0.186. The van der Waals surface area contributed by atoms with Gasteiger partial charge in [0.25, 0.3) is 10.0 Å². The molecule has 6 nitrogen and oxygen atoms in total. The molecule has 0 aliphatic carbocycles. The summed E-state index contributed by atoms with van der Waals surface area (Å²) in [4.78, 5) is 6.46. The van der Waals surface area contributed by atoms with E-state index >= 15 is 0 Å². The number of halogens is 2. The second kappa shape index (κ2) is 5.29. The highest BCUT2D eigenvalue weighted by molar-refractivity contribution is 7.92. The third-order valence-corrected chi connectivity index (χ3v) is 4.07. The highest BCUT2D eigenvalue weighted by atomic mass is 35.5. The number of H-pyrrole nitrogens is 1. The molecule has 3 N–H and O–H groups in total. The quantitative estimate of drug-likeness (QED) is 0.753. The largest absolute Gasteiger partial charge is 0.504 e. The van der Waals surface area contributed by atoms with Crippen LogP contribution in [0, 0.1) is 5.82 Å². The van der Waals surface area contributed by atoms with E-state index in [9.17, 15) is 17.9 Å². The number of aromatic hydroxyl groups is 1. The summed E-state index contributed by atoms with van der Waals surface area (Å²) in [6.45, 7) is 1.81. The fourth-order valence-electron chi connectivity index (χ4n) is 1.50. The molecule has 20 heavy (non-hydrogen) atoms. The molecule has 0 atom stereocenters. The maximum absolute atomic E-state index is 13.2. The number of sulfonamides is 1. The summed E-state index contributed by atoms with van der Waals surface area (Å²) >= 11 is 5.58. The molecular weight excluding hydrogens is 309 g/mol. The van der Waals surface area contributed by atoms with E-state index in [1.807, 2.05) is 4.72 Å². The van der Waals surface area contributed by atoms with Crippen LogP contribution in [0.15, 0.2) is 23.4 Å². The molecular formula is C11H11ClFN3O3S. The van der Waals surface area contributed by atoms with Crippen molar-refractivity contribution in [2.75, 3.05) is 4.72 Å². The summed E-state index contributed by atoms with van der Waals surface area (Å²) < 4.78 is 39.3. The lowest BCUT2D eigenvalue weighted by molar-refractivity contribution is 0.476. The van der Waals surface area contributed by atoms with Crippen LogP contribution < -0.4 is 4.72 Å². The monoisotopic (exact) mass is 319 g/mol. The van der Waals surface area contributed by atoms with Crippen molar-refractivity contribution in [2.45, 2.75) is 18.4 Å². The molecule has 108 valence electrons. The summed E-state index contributed by atoms with van der Waals surface area (Å²) in [6, 6.07) is 1.70. The molecule has 0 fully saturated rings. The number of nitrogens with zero attached hydrogens (tertiary/aromatic N) is 1. The zero-order chi connectivity index (χ0) is 14.9. The lowest BCUT2D eigenvalue weighted by atomic mass is 10.3. The second-order valence-electron chi connectivity index (χ2n) is 3.94. The Morgan fingerprint density at radius 3 is 2.80 bits per heavy atom. The standard InChI is InChI=1S/C11H11ClFN3O3S/c1-2-9-14-5-10(15-9)20(18,19)16-8-4-6(13)3-7(12)11(8)17/h3-5,16-17H,2H2,1H3,(H,14,15). The molecule has 0 aliphatic heterocycles. The normalized spacial score (nSPS) is 11.6. The number of rotatable bonds is 4. The van der Waals surface area contributed by atoms with E-state index in [1.165, 1.54) is 0 Å². The zero-order valence-corrected chi connectivity index (χ0v) is 11.9. The van der Waals surface area contributed by atoms with Crippen LogP contribution >= 0.6 is 11.6 Å². The number of imidazole rings is 1. The maximum atomic E-state index is 13.2. The lowest BCUT2D eigenvalue weighted by Gasteiger charge is -2.09. The predicted octanol–water partition coefficient (Wildman–Crippen LogP) is 2.27. The van der Waals surface area contributed by atoms with Gasteiger partial charge in [0.2, 0.25) is 0 Å². The Kier molecular flexibility index (Phi) is 3.87. The molecule has 0 radical (unpaired) electrons. The van der Waals surface area contributed by atoms with Gasteiger partial charge in [-0.1, -0.05) is 18.5 Å². The maximum Gasteiger partial charge on any atom is 0.279 e. The summed E-state index contributed by atoms with van der Waals surface area (Å²) in [5, 5.41) is 9.16. The van der Waals surface area contributed by atoms with Crippen LogP contribution in [0.25, 0.3) is 0 Å². The molecule has 0 spiro atoms. The molecule has 1 aromatic heterocycles. The molecule has 0 bridgehead atoms. The Morgan fingerprint density at radius 1 is 1.50 bits per heavy atom. The van der Waals surface area contributed by atoms with Crippen molar-refractivity contribution < 1.29 is 17.9 Å². The lowest BCUT2D eigenvalue weighted by Crippen LogP contribution is -2.13. The molecule has 0 aliphatic rings. The Morgan fingerprint density at radius 2 is 2.20 bits per heavy atom. The fourth-order valence-corrected chi connectivity index (χ4v) is 2.71. The van der Waals surface area contributed by atoms with Gasteiger partial charge in [-0.05, 0) is 6.07 Å². The van der Waals surface area contributed by atoms with Gasteiger partial charge in [0.05, 0.1) is 16.9 Å². The van der Waals surface area contributed by atoms with Gasteiger partial charge >= 0.3 is 0 Å². The first-order valence-electron chi connectivity index (χ1n) is 5.58.